The van der Waals surface area contributed by atoms with Crippen molar-refractivity contribution in [2.24, 2.45) is 0 Å². The number of rotatable bonds is 10. The van der Waals surface area contributed by atoms with Crippen LogP contribution in [0.15, 0.2) is 24.3 Å². The summed E-state index contributed by atoms with van der Waals surface area (Å²) in [6.07, 6.45) is 4.15. The average Bonchev–Trinajstić information content (AvgIpc) is 2.55. The Morgan fingerprint density at radius 3 is 1.68 bits per heavy atom. The number of carbonyl (C=O) groups is 2. The van der Waals surface area contributed by atoms with Crippen molar-refractivity contribution in [2.75, 3.05) is 21.9 Å². The van der Waals surface area contributed by atoms with Gasteiger partial charge in [-0.25, -0.2) is 0 Å². The summed E-state index contributed by atoms with van der Waals surface area (Å²) in [5, 5.41) is 5.77. The SMILES string of the molecule is O=C(NCCCCI)c1cccc(C(=O)NCCCCI)c1. The summed E-state index contributed by atoms with van der Waals surface area (Å²) >= 11 is 4.65. The highest BCUT2D eigenvalue weighted by atomic mass is 127. The second-order valence-electron chi connectivity index (χ2n) is 4.88. The Balaban J connectivity index is 2.50. The summed E-state index contributed by atoms with van der Waals surface area (Å²) in [6, 6.07) is 6.88. The molecule has 122 valence electrons. The standard InChI is InChI=1S/C16H22I2N2O2/c17-8-1-3-10-19-15(21)13-6-5-7-14(12-13)16(22)20-11-4-2-9-18/h5-7,12H,1-4,8-11H2,(H,19,21)(H,20,22). The summed E-state index contributed by atoms with van der Waals surface area (Å²) < 4.78 is 2.20. The van der Waals surface area contributed by atoms with E-state index in [-0.39, 0.29) is 11.8 Å². The number of unbranched alkanes of at least 4 members (excludes halogenated alkanes) is 2. The van der Waals surface area contributed by atoms with Gasteiger partial charge >= 0.3 is 0 Å². The number of carbonyl (C=O) groups excluding carboxylic acids is 2. The Labute approximate surface area is 159 Å². The molecule has 0 saturated heterocycles. The van der Waals surface area contributed by atoms with Crippen LogP contribution in [0.1, 0.15) is 46.4 Å². The lowest BCUT2D eigenvalue weighted by Gasteiger charge is -2.07. The smallest absolute Gasteiger partial charge is 0.251 e. The van der Waals surface area contributed by atoms with Gasteiger partial charge in [0.25, 0.3) is 11.8 Å². The number of nitrogens with one attached hydrogen (secondary N) is 2. The molecule has 1 aromatic carbocycles. The van der Waals surface area contributed by atoms with Crippen molar-refractivity contribution in [3.8, 4) is 0 Å². The normalized spacial score (nSPS) is 10.3. The van der Waals surface area contributed by atoms with E-state index < -0.39 is 0 Å². The van der Waals surface area contributed by atoms with Crippen molar-refractivity contribution >= 4 is 57.0 Å². The molecule has 0 saturated carbocycles. The Bertz CT molecular complexity index is 442. The van der Waals surface area contributed by atoms with Crippen molar-refractivity contribution in [1.29, 1.82) is 0 Å². The predicted molar refractivity (Wildman–Crippen MR) is 107 cm³/mol. The number of benzene rings is 1. The molecule has 0 bridgehead atoms. The van der Waals surface area contributed by atoms with Gasteiger partial charge in [-0.1, -0.05) is 51.2 Å². The predicted octanol–water partition coefficient (Wildman–Crippen LogP) is 3.58. The molecule has 0 aliphatic carbocycles. The monoisotopic (exact) mass is 528 g/mol. The maximum Gasteiger partial charge on any atom is 0.251 e. The first-order chi connectivity index (χ1) is 10.7. The van der Waals surface area contributed by atoms with Crippen molar-refractivity contribution < 1.29 is 9.59 Å². The van der Waals surface area contributed by atoms with Crippen LogP contribution in [-0.4, -0.2) is 33.8 Å². The van der Waals surface area contributed by atoms with Crippen LogP contribution in [0.4, 0.5) is 0 Å². The first kappa shape index (κ1) is 19.7. The van der Waals surface area contributed by atoms with Crippen molar-refractivity contribution in [2.45, 2.75) is 25.7 Å². The molecule has 4 nitrogen and oxygen atoms in total. The van der Waals surface area contributed by atoms with E-state index >= 15 is 0 Å². The van der Waals surface area contributed by atoms with Gasteiger partial charge in [0, 0.05) is 24.2 Å². The molecular weight excluding hydrogens is 506 g/mol. The third-order valence-corrected chi connectivity index (χ3v) is 4.60. The average molecular weight is 528 g/mol. The van der Waals surface area contributed by atoms with Crippen LogP contribution in [0.5, 0.6) is 0 Å². The minimum atomic E-state index is -0.118. The van der Waals surface area contributed by atoms with E-state index in [2.05, 4.69) is 55.8 Å². The number of halogens is 2. The number of alkyl halides is 2. The Morgan fingerprint density at radius 2 is 1.27 bits per heavy atom. The van der Waals surface area contributed by atoms with Crippen LogP contribution >= 0.6 is 45.2 Å². The summed E-state index contributed by atoms with van der Waals surface area (Å²) in [7, 11) is 0. The summed E-state index contributed by atoms with van der Waals surface area (Å²) in [4.78, 5) is 24.1. The third-order valence-electron chi connectivity index (χ3n) is 3.08. The second-order valence-corrected chi connectivity index (χ2v) is 7.04. The fourth-order valence-electron chi connectivity index (χ4n) is 1.85. The maximum absolute atomic E-state index is 12.0. The summed E-state index contributed by atoms with van der Waals surface area (Å²) in [6.45, 7) is 1.35. The first-order valence-corrected chi connectivity index (χ1v) is 10.5. The number of hydrogen-bond acceptors (Lipinski definition) is 2. The van der Waals surface area contributed by atoms with Crippen LogP contribution in [0.2, 0.25) is 0 Å². The van der Waals surface area contributed by atoms with Crippen molar-refractivity contribution in [3.63, 3.8) is 0 Å². The molecular formula is C16H22I2N2O2. The highest BCUT2D eigenvalue weighted by Crippen LogP contribution is 2.06. The first-order valence-electron chi connectivity index (χ1n) is 7.47. The topological polar surface area (TPSA) is 58.2 Å². The van der Waals surface area contributed by atoms with Gasteiger partial charge in [-0.2, -0.15) is 0 Å². The van der Waals surface area contributed by atoms with Crippen LogP contribution in [0, 0.1) is 0 Å². The summed E-state index contributed by atoms with van der Waals surface area (Å²) in [5.41, 5.74) is 1.07. The van der Waals surface area contributed by atoms with Gasteiger partial charge < -0.3 is 10.6 Å². The minimum Gasteiger partial charge on any atom is -0.352 e. The highest BCUT2D eigenvalue weighted by Gasteiger charge is 2.09. The number of hydrogen-bond donors (Lipinski definition) is 2. The highest BCUT2D eigenvalue weighted by molar-refractivity contribution is 14.1. The molecule has 0 spiro atoms. The zero-order valence-electron chi connectivity index (χ0n) is 12.5. The molecule has 0 radical (unpaired) electrons. The second kappa shape index (κ2) is 12.1. The quantitative estimate of drug-likeness (QED) is 0.277. The number of amides is 2. The molecule has 1 rings (SSSR count). The Hall–Kier alpha value is -0.380. The molecule has 0 aromatic heterocycles. The third kappa shape index (κ3) is 7.75. The van der Waals surface area contributed by atoms with E-state index in [1.807, 2.05) is 0 Å². The Kier molecular flexibility index (Phi) is 10.8. The molecule has 6 heteroatoms. The van der Waals surface area contributed by atoms with Crippen LogP contribution in [0.25, 0.3) is 0 Å². The largest absolute Gasteiger partial charge is 0.352 e. The minimum absolute atomic E-state index is 0.118. The van der Waals surface area contributed by atoms with E-state index in [9.17, 15) is 9.59 Å². The van der Waals surface area contributed by atoms with Gasteiger partial charge in [0.15, 0.2) is 0 Å². The lowest BCUT2D eigenvalue weighted by atomic mass is 10.1. The fraction of sp³-hybridized carbons (Fsp3) is 0.500. The molecule has 22 heavy (non-hydrogen) atoms. The van der Waals surface area contributed by atoms with E-state index in [0.717, 1.165) is 34.5 Å². The van der Waals surface area contributed by atoms with E-state index in [1.54, 1.807) is 24.3 Å². The van der Waals surface area contributed by atoms with Crippen molar-refractivity contribution in [3.05, 3.63) is 35.4 Å². The Morgan fingerprint density at radius 1 is 0.818 bits per heavy atom. The van der Waals surface area contributed by atoms with Crippen LogP contribution < -0.4 is 10.6 Å². The summed E-state index contributed by atoms with van der Waals surface area (Å²) in [5.74, 6) is -0.235. The molecule has 0 unspecified atom stereocenters. The molecule has 2 N–H and O–H groups in total. The van der Waals surface area contributed by atoms with E-state index in [1.165, 1.54) is 0 Å². The molecule has 0 atom stereocenters. The lowest BCUT2D eigenvalue weighted by molar-refractivity contribution is 0.0952. The van der Waals surface area contributed by atoms with Gasteiger partial charge in [-0.15, -0.1) is 0 Å². The molecule has 0 fully saturated rings. The molecule has 0 aliphatic heterocycles. The molecule has 1 aromatic rings. The van der Waals surface area contributed by atoms with Crippen molar-refractivity contribution in [1.82, 2.24) is 10.6 Å². The van der Waals surface area contributed by atoms with Crippen LogP contribution in [-0.2, 0) is 0 Å². The lowest BCUT2D eigenvalue weighted by Crippen LogP contribution is -2.27. The van der Waals surface area contributed by atoms with E-state index in [0.29, 0.717) is 24.2 Å². The van der Waals surface area contributed by atoms with Gasteiger partial charge in [-0.05, 0) is 52.7 Å². The van der Waals surface area contributed by atoms with Crippen LogP contribution in [0.3, 0.4) is 0 Å². The zero-order chi connectivity index (χ0) is 16.2. The zero-order valence-corrected chi connectivity index (χ0v) is 16.9. The molecule has 2 amide bonds. The molecule has 0 heterocycles. The van der Waals surface area contributed by atoms with Gasteiger partial charge in [0.1, 0.15) is 0 Å². The van der Waals surface area contributed by atoms with Gasteiger partial charge in [0.05, 0.1) is 0 Å². The molecule has 0 aliphatic rings. The van der Waals surface area contributed by atoms with Gasteiger partial charge in [-0.3, -0.25) is 9.59 Å². The van der Waals surface area contributed by atoms with E-state index in [4.69, 9.17) is 0 Å². The van der Waals surface area contributed by atoms with Gasteiger partial charge in [0.2, 0.25) is 0 Å². The maximum atomic E-state index is 12.0. The fourth-order valence-corrected chi connectivity index (χ4v) is 2.93.